The van der Waals surface area contributed by atoms with Gasteiger partial charge in [-0.1, -0.05) is 43.8 Å². The quantitative estimate of drug-likeness (QED) is 0.354. The van der Waals surface area contributed by atoms with Gasteiger partial charge >= 0.3 is 0 Å². The third-order valence-corrected chi connectivity index (χ3v) is 7.18. The summed E-state index contributed by atoms with van der Waals surface area (Å²) < 4.78 is 4.55. The van der Waals surface area contributed by atoms with Crippen LogP contribution < -0.4 is 5.32 Å². The molecule has 4 aromatic rings. The molecule has 0 spiro atoms. The first-order valence-electron chi connectivity index (χ1n) is 11.4. The minimum Gasteiger partial charge on any atom is -0.341 e. The van der Waals surface area contributed by atoms with Crippen LogP contribution in [-0.2, 0) is 11.3 Å². The van der Waals surface area contributed by atoms with Crippen LogP contribution >= 0.6 is 11.8 Å². The molecule has 2 aromatic heterocycles. The van der Waals surface area contributed by atoms with Gasteiger partial charge in [-0.15, -0.1) is 10.2 Å². The summed E-state index contributed by atoms with van der Waals surface area (Å²) in [6, 6.07) is 15.1. The van der Waals surface area contributed by atoms with E-state index in [9.17, 15) is 4.79 Å². The fourth-order valence-electron chi connectivity index (χ4n) is 4.37. The fraction of sp³-hybridized carbons (Fsp3) is 0.400. The topological polar surface area (TPSA) is 64.7 Å². The first-order chi connectivity index (χ1) is 15.5. The molecule has 7 heteroatoms. The van der Waals surface area contributed by atoms with E-state index >= 15 is 0 Å². The number of nitrogens with zero attached hydrogens (tertiary/aromatic N) is 4. The Morgan fingerprint density at radius 2 is 1.84 bits per heavy atom. The normalized spacial score (nSPS) is 15.0. The van der Waals surface area contributed by atoms with Crippen LogP contribution in [0, 0.1) is 0 Å². The Morgan fingerprint density at radius 1 is 1.09 bits per heavy atom. The first kappa shape index (κ1) is 21.1. The van der Waals surface area contributed by atoms with Gasteiger partial charge in [0.05, 0.1) is 5.25 Å². The molecule has 0 bridgehead atoms. The number of benzene rings is 2. The van der Waals surface area contributed by atoms with Crippen molar-refractivity contribution in [2.45, 2.75) is 69.4 Å². The Labute approximate surface area is 192 Å². The number of anilines is 1. The molecular formula is C25H29N5OS. The van der Waals surface area contributed by atoms with Gasteiger partial charge in [0, 0.05) is 46.0 Å². The maximum atomic E-state index is 13.0. The van der Waals surface area contributed by atoms with Crippen LogP contribution in [0.15, 0.2) is 47.6 Å². The molecule has 0 aliphatic heterocycles. The van der Waals surface area contributed by atoms with Crippen molar-refractivity contribution >= 4 is 45.2 Å². The standard InChI is InChI=1S/C25H29N5OS/c1-5-29-21-9-7-6-8-19(21)20-14-17(10-13-22(20)29)26-24(31)16(4)32-25-28-27-23(15(2)3)30(25)18-11-12-18/h6-10,13-16,18H,5,11-12H2,1-4H3,(H,26,31). The molecule has 0 saturated heterocycles. The van der Waals surface area contributed by atoms with Gasteiger partial charge in [-0.05, 0) is 51.0 Å². The number of amides is 1. The highest BCUT2D eigenvalue weighted by molar-refractivity contribution is 8.00. The van der Waals surface area contributed by atoms with E-state index < -0.39 is 0 Å². The number of carbonyl (C=O) groups excluding carboxylic acids is 1. The second-order valence-electron chi connectivity index (χ2n) is 8.84. The van der Waals surface area contributed by atoms with Gasteiger partial charge in [-0.2, -0.15) is 0 Å². The van der Waals surface area contributed by atoms with Crippen LogP contribution in [0.25, 0.3) is 21.8 Å². The van der Waals surface area contributed by atoms with Crippen molar-refractivity contribution in [1.82, 2.24) is 19.3 Å². The molecule has 0 radical (unpaired) electrons. The number of aromatic nitrogens is 4. The maximum absolute atomic E-state index is 13.0. The van der Waals surface area contributed by atoms with Crippen molar-refractivity contribution in [3.8, 4) is 0 Å². The highest BCUT2D eigenvalue weighted by Crippen LogP contribution is 2.41. The van der Waals surface area contributed by atoms with Crippen molar-refractivity contribution in [1.29, 1.82) is 0 Å². The molecule has 1 unspecified atom stereocenters. The minimum atomic E-state index is -0.274. The van der Waals surface area contributed by atoms with Gasteiger partial charge in [-0.3, -0.25) is 4.79 Å². The lowest BCUT2D eigenvalue weighted by Gasteiger charge is -2.14. The van der Waals surface area contributed by atoms with E-state index in [2.05, 4.69) is 81.8 Å². The number of fused-ring (bicyclic) bond motifs is 3. The minimum absolute atomic E-state index is 0.0231. The third-order valence-electron chi connectivity index (χ3n) is 6.13. The molecule has 6 nitrogen and oxygen atoms in total. The van der Waals surface area contributed by atoms with Crippen LogP contribution in [-0.4, -0.2) is 30.5 Å². The van der Waals surface area contributed by atoms with E-state index in [0.29, 0.717) is 12.0 Å². The number of aryl methyl sites for hydroxylation is 1. The van der Waals surface area contributed by atoms with E-state index in [1.165, 1.54) is 28.2 Å². The largest absolute Gasteiger partial charge is 0.341 e. The Morgan fingerprint density at radius 3 is 2.56 bits per heavy atom. The molecule has 1 aliphatic carbocycles. The molecule has 1 fully saturated rings. The molecule has 5 rings (SSSR count). The number of rotatable bonds is 7. The molecule has 2 aromatic carbocycles. The molecule has 1 N–H and O–H groups in total. The van der Waals surface area contributed by atoms with Gasteiger partial charge in [0.2, 0.25) is 5.91 Å². The summed E-state index contributed by atoms with van der Waals surface area (Å²) in [6.45, 7) is 9.27. The average molecular weight is 448 g/mol. The van der Waals surface area contributed by atoms with E-state index in [-0.39, 0.29) is 11.2 Å². The summed E-state index contributed by atoms with van der Waals surface area (Å²) in [6.07, 6.45) is 2.33. The van der Waals surface area contributed by atoms with E-state index in [4.69, 9.17) is 0 Å². The zero-order valence-electron chi connectivity index (χ0n) is 19.0. The number of nitrogens with one attached hydrogen (secondary N) is 1. The van der Waals surface area contributed by atoms with E-state index in [1.54, 1.807) is 0 Å². The number of hydrogen-bond acceptors (Lipinski definition) is 4. The molecular weight excluding hydrogens is 418 g/mol. The summed E-state index contributed by atoms with van der Waals surface area (Å²) in [5, 5.41) is 14.9. The average Bonchev–Trinajstić information content (AvgIpc) is 3.46. The zero-order chi connectivity index (χ0) is 22.4. The number of para-hydroxylation sites is 1. The Kier molecular flexibility index (Phi) is 5.45. The van der Waals surface area contributed by atoms with E-state index in [0.717, 1.165) is 41.4 Å². The van der Waals surface area contributed by atoms with E-state index in [1.807, 2.05) is 13.0 Å². The highest BCUT2D eigenvalue weighted by Gasteiger charge is 2.31. The molecule has 166 valence electrons. The number of hydrogen-bond donors (Lipinski definition) is 1. The summed E-state index contributed by atoms with van der Waals surface area (Å²) in [5.41, 5.74) is 3.23. The van der Waals surface area contributed by atoms with Crippen LogP contribution in [0.5, 0.6) is 0 Å². The van der Waals surface area contributed by atoms with Crippen molar-refractivity contribution in [3.05, 3.63) is 48.3 Å². The van der Waals surface area contributed by atoms with Crippen LogP contribution in [0.1, 0.15) is 58.3 Å². The first-order valence-corrected chi connectivity index (χ1v) is 12.3. The maximum Gasteiger partial charge on any atom is 0.237 e. The van der Waals surface area contributed by atoms with Gasteiger partial charge in [0.25, 0.3) is 0 Å². The highest BCUT2D eigenvalue weighted by atomic mass is 32.2. The number of carbonyl (C=O) groups is 1. The molecule has 32 heavy (non-hydrogen) atoms. The van der Waals surface area contributed by atoms with Crippen molar-refractivity contribution < 1.29 is 4.79 Å². The lowest BCUT2D eigenvalue weighted by molar-refractivity contribution is -0.115. The molecule has 1 saturated carbocycles. The monoisotopic (exact) mass is 447 g/mol. The Bertz CT molecular complexity index is 1300. The predicted octanol–water partition coefficient (Wildman–Crippen LogP) is 5.98. The predicted molar refractivity (Wildman–Crippen MR) is 131 cm³/mol. The second kappa shape index (κ2) is 8.28. The van der Waals surface area contributed by atoms with Gasteiger partial charge in [0.15, 0.2) is 5.16 Å². The summed E-state index contributed by atoms with van der Waals surface area (Å²) >= 11 is 1.49. The smallest absolute Gasteiger partial charge is 0.237 e. The van der Waals surface area contributed by atoms with Crippen molar-refractivity contribution in [2.24, 2.45) is 0 Å². The third kappa shape index (κ3) is 3.68. The van der Waals surface area contributed by atoms with Crippen molar-refractivity contribution in [2.75, 3.05) is 5.32 Å². The SMILES string of the molecule is CCn1c2ccccc2c2cc(NC(=O)C(C)Sc3nnc(C(C)C)n3C3CC3)ccc21. The Balaban J connectivity index is 1.38. The molecule has 1 aliphatic rings. The van der Waals surface area contributed by atoms with Crippen LogP contribution in [0.4, 0.5) is 5.69 Å². The summed E-state index contributed by atoms with van der Waals surface area (Å²) in [7, 11) is 0. The van der Waals surface area contributed by atoms with Crippen molar-refractivity contribution in [3.63, 3.8) is 0 Å². The van der Waals surface area contributed by atoms with Crippen LogP contribution in [0.3, 0.4) is 0 Å². The van der Waals surface area contributed by atoms with Gasteiger partial charge < -0.3 is 14.5 Å². The lowest BCUT2D eigenvalue weighted by Crippen LogP contribution is -2.23. The molecule has 2 heterocycles. The van der Waals surface area contributed by atoms with Gasteiger partial charge in [0.1, 0.15) is 5.82 Å². The second-order valence-corrected chi connectivity index (χ2v) is 10.1. The molecule has 1 atom stereocenters. The summed E-state index contributed by atoms with van der Waals surface area (Å²) in [5.74, 6) is 1.31. The zero-order valence-corrected chi connectivity index (χ0v) is 19.8. The number of thioether (sulfide) groups is 1. The van der Waals surface area contributed by atoms with Crippen LogP contribution in [0.2, 0.25) is 0 Å². The molecule has 1 amide bonds. The lowest BCUT2D eigenvalue weighted by atomic mass is 10.1. The summed E-state index contributed by atoms with van der Waals surface area (Å²) in [4.78, 5) is 13.0. The van der Waals surface area contributed by atoms with Gasteiger partial charge in [-0.25, -0.2) is 0 Å². The fourth-order valence-corrected chi connectivity index (χ4v) is 5.29. The Hall–Kier alpha value is -2.80.